The maximum Gasteiger partial charge on any atom is 0.263 e. The normalized spacial score (nSPS) is 11.2. The monoisotopic (exact) mass is 459 g/mol. The summed E-state index contributed by atoms with van der Waals surface area (Å²) in [5.41, 5.74) is 1.47. The number of hydrogen-bond acceptors (Lipinski definition) is 6. The molecule has 0 bridgehead atoms. The van der Waals surface area contributed by atoms with Crippen molar-refractivity contribution in [3.8, 4) is 0 Å². The second kappa shape index (κ2) is 8.67. The first-order valence-corrected chi connectivity index (χ1v) is 11.3. The van der Waals surface area contributed by atoms with Gasteiger partial charge in [0.15, 0.2) is 5.16 Å². The molecule has 1 N–H and O–H groups in total. The molecule has 9 heteroatoms. The summed E-state index contributed by atoms with van der Waals surface area (Å²) in [5, 5.41) is 4.53. The SMILES string of the molecule is Cc1sc2nc(SCC(=O)Nc3ccc(Cl)cc3)n(Cc3ccco3)c(=O)c2c1C. The van der Waals surface area contributed by atoms with Crippen LogP contribution in [0.2, 0.25) is 5.02 Å². The Labute approximate surface area is 185 Å². The molecule has 30 heavy (non-hydrogen) atoms. The van der Waals surface area contributed by atoms with Gasteiger partial charge in [-0.2, -0.15) is 0 Å². The highest BCUT2D eigenvalue weighted by Crippen LogP contribution is 2.28. The quantitative estimate of drug-likeness (QED) is 0.320. The van der Waals surface area contributed by atoms with Crippen molar-refractivity contribution in [1.29, 1.82) is 0 Å². The average Bonchev–Trinajstić information content (AvgIpc) is 3.33. The third-order valence-corrected chi connectivity index (χ3v) is 6.94. The summed E-state index contributed by atoms with van der Waals surface area (Å²) in [5.74, 6) is 0.567. The van der Waals surface area contributed by atoms with Crippen LogP contribution in [0.3, 0.4) is 0 Å². The lowest BCUT2D eigenvalue weighted by Crippen LogP contribution is -2.24. The molecule has 0 atom stereocenters. The molecule has 0 radical (unpaired) electrons. The summed E-state index contributed by atoms with van der Waals surface area (Å²) in [4.78, 5) is 32.1. The van der Waals surface area contributed by atoms with Gasteiger partial charge in [0, 0.05) is 15.6 Å². The van der Waals surface area contributed by atoms with Crippen LogP contribution in [0.1, 0.15) is 16.2 Å². The number of thiophene rings is 1. The highest BCUT2D eigenvalue weighted by atomic mass is 35.5. The number of aromatic nitrogens is 2. The molecular weight excluding hydrogens is 442 g/mol. The molecule has 3 aromatic heterocycles. The number of nitrogens with one attached hydrogen (secondary N) is 1. The lowest BCUT2D eigenvalue weighted by molar-refractivity contribution is -0.113. The molecule has 0 spiro atoms. The van der Waals surface area contributed by atoms with E-state index < -0.39 is 0 Å². The van der Waals surface area contributed by atoms with E-state index in [1.807, 2.05) is 19.9 Å². The number of nitrogens with zero attached hydrogens (tertiary/aromatic N) is 2. The van der Waals surface area contributed by atoms with E-state index in [1.54, 1.807) is 41.2 Å². The van der Waals surface area contributed by atoms with E-state index >= 15 is 0 Å². The maximum atomic E-state index is 13.2. The van der Waals surface area contributed by atoms with Crippen molar-refractivity contribution < 1.29 is 9.21 Å². The van der Waals surface area contributed by atoms with Crippen molar-refractivity contribution >= 4 is 56.5 Å². The molecule has 0 saturated heterocycles. The summed E-state index contributed by atoms with van der Waals surface area (Å²) in [7, 11) is 0. The molecule has 0 aliphatic rings. The van der Waals surface area contributed by atoms with Crippen molar-refractivity contribution in [1.82, 2.24) is 9.55 Å². The Balaban J connectivity index is 1.62. The van der Waals surface area contributed by atoms with Crippen LogP contribution in [0.15, 0.2) is 57.0 Å². The number of anilines is 1. The van der Waals surface area contributed by atoms with Gasteiger partial charge >= 0.3 is 0 Å². The number of benzene rings is 1. The van der Waals surface area contributed by atoms with Crippen molar-refractivity contribution in [3.05, 3.63) is 74.2 Å². The Morgan fingerprint density at radius 1 is 1.27 bits per heavy atom. The predicted octanol–water partition coefficient (Wildman–Crippen LogP) is 5.10. The van der Waals surface area contributed by atoms with Crippen LogP contribution >= 0.6 is 34.7 Å². The van der Waals surface area contributed by atoms with E-state index in [2.05, 4.69) is 5.32 Å². The molecule has 6 nitrogen and oxygen atoms in total. The molecule has 0 aliphatic heterocycles. The van der Waals surface area contributed by atoms with Crippen LogP contribution in [0.5, 0.6) is 0 Å². The summed E-state index contributed by atoms with van der Waals surface area (Å²) >= 11 is 8.59. The van der Waals surface area contributed by atoms with Crippen LogP contribution in [-0.2, 0) is 11.3 Å². The summed E-state index contributed by atoms with van der Waals surface area (Å²) in [6, 6.07) is 10.5. The number of furan rings is 1. The molecule has 1 aromatic carbocycles. The van der Waals surface area contributed by atoms with Gasteiger partial charge in [-0.05, 0) is 55.8 Å². The zero-order chi connectivity index (χ0) is 21.3. The zero-order valence-corrected chi connectivity index (χ0v) is 18.7. The molecule has 4 aromatic rings. The Kier molecular flexibility index (Phi) is 5.99. The number of halogens is 1. The van der Waals surface area contributed by atoms with Crippen LogP contribution in [0.25, 0.3) is 10.2 Å². The summed E-state index contributed by atoms with van der Waals surface area (Å²) < 4.78 is 6.99. The van der Waals surface area contributed by atoms with Gasteiger partial charge in [-0.3, -0.25) is 14.2 Å². The molecule has 154 valence electrons. The van der Waals surface area contributed by atoms with E-state index in [4.69, 9.17) is 21.0 Å². The molecule has 3 heterocycles. The minimum absolute atomic E-state index is 0.113. The number of thioether (sulfide) groups is 1. The number of carbonyl (C=O) groups excluding carboxylic acids is 1. The third-order valence-electron chi connectivity index (χ3n) is 4.61. The van der Waals surface area contributed by atoms with Crippen LogP contribution < -0.4 is 10.9 Å². The Morgan fingerprint density at radius 2 is 2.03 bits per heavy atom. The topological polar surface area (TPSA) is 77.1 Å². The first-order valence-electron chi connectivity index (χ1n) is 9.13. The minimum atomic E-state index is -0.195. The average molecular weight is 460 g/mol. The van der Waals surface area contributed by atoms with E-state index in [0.29, 0.717) is 31.8 Å². The second-order valence-corrected chi connectivity index (χ2v) is 9.25. The van der Waals surface area contributed by atoms with Gasteiger partial charge in [-0.1, -0.05) is 23.4 Å². The standard InChI is InChI=1S/C21H18ClN3O3S2/c1-12-13(2)30-19-18(12)20(27)25(10-16-4-3-9-28-16)21(24-19)29-11-17(26)23-15-7-5-14(22)6-8-15/h3-9H,10-11H2,1-2H3,(H,23,26). The van der Waals surface area contributed by atoms with Crippen LogP contribution in [0.4, 0.5) is 5.69 Å². The van der Waals surface area contributed by atoms with Crippen LogP contribution in [-0.4, -0.2) is 21.2 Å². The number of carbonyl (C=O) groups is 1. The smallest absolute Gasteiger partial charge is 0.263 e. The van der Waals surface area contributed by atoms with Gasteiger partial charge in [0.1, 0.15) is 10.6 Å². The number of rotatable bonds is 6. The fourth-order valence-electron chi connectivity index (χ4n) is 2.98. The molecule has 4 rings (SSSR count). The molecule has 1 amide bonds. The first kappa shape index (κ1) is 20.7. The number of fused-ring (bicyclic) bond motifs is 1. The van der Waals surface area contributed by atoms with Gasteiger partial charge in [-0.15, -0.1) is 11.3 Å². The number of amides is 1. The van der Waals surface area contributed by atoms with Crippen molar-refractivity contribution in [2.24, 2.45) is 0 Å². The number of hydrogen-bond donors (Lipinski definition) is 1. The van der Waals surface area contributed by atoms with Gasteiger partial charge in [0.05, 0.1) is 23.9 Å². The molecule has 0 unspecified atom stereocenters. The number of aryl methyl sites for hydroxylation is 2. The Hall–Kier alpha value is -2.55. The Bertz CT molecular complexity index is 1260. The van der Waals surface area contributed by atoms with E-state index in [0.717, 1.165) is 10.4 Å². The van der Waals surface area contributed by atoms with E-state index in [-0.39, 0.29) is 23.8 Å². The molecule has 0 aliphatic carbocycles. The largest absolute Gasteiger partial charge is 0.467 e. The molecule has 0 saturated carbocycles. The third kappa shape index (κ3) is 4.30. The second-order valence-electron chi connectivity index (χ2n) is 6.67. The van der Waals surface area contributed by atoms with Gasteiger partial charge < -0.3 is 9.73 Å². The van der Waals surface area contributed by atoms with Crippen molar-refractivity contribution in [2.75, 3.05) is 11.1 Å². The summed E-state index contributed by atoms with van der Waals surface area (Å²) in [6.07, 6.45) is 1.57. The molecule has 0 fully saturated rings. The fraction of sp³-hybridized carbons (Fsp3) is 0.190. The lowest BCUT2D eigenvalue weighted by atomic mass is 10.2. The fourth-order valence-corrected chi connectivity index (χ4v) is 4.97. The minimum Gasteiger partial charge on any atom is -0.467 e. The zero-order valence-electron chi connectivity index (χ0n) is 16.3. The molecular formula is C21H18ClN3O3S2. The van der Waals surface area contributed by atoms with Gasteiger partial charge in [-0.25, -0.2) is 4.98 Å². The lowest BCUT2D eigenvalue weighted by Gasteiger charge is -2.11. The summed E-state index contributed by atoms with van der Waals surface area (Å²) in [6.45, 7) is 4.16. The van der Waals surface area contributed by atoms with Gasteiger partial charge in [0.25, 0.3) is 5.56 Å². The highest BCUT2D eigenvalue weighted by molar-refractivity contribution is 7.99. The van der Waals surface area contributed by atoms with E-state index in [1.165, 1.54) is 23.1 Å². The Morgan fingerprint density at radius 3 is 2.73 bits per heavy atom. The van der Waals surface area contributed by atoms with E-state index in [9.17, 15) is 9.59 Å². The van der Waals surface area contributed by atoms with Crippen LogP contribution in [0, 0.1) is 13.8 Å². The van der Waals surface area contributed by atoms with Crippen molar-refractivity contribution in [3.63, 3.8) is 0 Å². The highest BCUT2D eigenvalue weighted by Gasteiger charge is 2.18. The van der Waals surface area contributed by atoms with Gasteiger partial charge in [0.2, 0.25) is 5.91 Å². The predicted molar refractivity (Wildman–Crippen MR) is 122 cm³/mol. The first-order chi connectivity index (χ1) is 14.4. The maximum absolute atomic E-state index is 13.2. The van der Waals surface area contributed by atoms with Crippen molar-refractivity contribution in [2.45, 2.75) is 25.5 Å².